The van der Waals surface area contributed by atoms with Gasteiger partial charge in [0.05, 0.1) is 18.0 Å². The minimum atomic E-state index is -0.0382. The van der Waals surface area contributed by atoms with Crippen molar-refractivity contribution in [3.8, 4) is 5.75 Å². The first-order valence-electron chi connectivity index (χ1n) is 10.8. The van der Waals surface area contributed by atoms with E-state index in [2.05, 4.69) is 24.8 Å². The first kappa shape index (κ1) is 21.0. The zero-order chi connectivity index (χ0) is 22.1. The van der Waals surface area contributed by atoms with Crippen LogP contribution in [0.3, 0.4) is 0 Å². The van der Waals surface area contributed by atoms with Crippen LogP contribution in [0, 0.1) is 5.92 Å². The Hall–Kier alpha value is -3.22. The van der Waals surface area contributed by atoms with Gasteiger partial charge in [0, 0.05) is 57.7 Å². The number of aromatic nitrogens is 2. The molecule has 1 aliphatic heterocycles. The standard InChI is InChI=1S/C24H30N4O3/c1-17(2)16-28-9-8-21-20(23(28)29)15-22(25(21)3)24(30)27-12-10-26(11-13-27)18-6-5-7-19(14-18)31-4/h5-9,14-15,17H,10-13,16H2,1-4H3. The van der Waals surface area contributed by atoms with E-state index >= 15 is 0 Å². The fourth-order valence-corrected chi connectivity index (χ4v) is 4.25. The maximum Gasteiger partial charge on any atom is 0.270 e. The summed E-state index contributed by atoms with van der Waals surface area (Å²) in [6, 6.07) is 11.7. The molecule has 164 valence electrons. The third-order valence-electron chi connectivity index (χ3n) is 5.95. The second-order valence-corrected chi connectivity index (χ2v) is 8.54. The Morgan fingerprint density at radius 1 is 1.10 bits per heavy atom. The highest BCUT2D eigenvalue weighted by Crippen LogP contribution is 2.23. The highest BCUT2D eigenvalue weighted by atomic mass is 16.5. The third kappa shape index (κ3) is 4.04. The molecule has 0 bridgehead atoms. The van der Waals surface area contributed by atoms with E-state index in [4.69, 9.17) is 4.74 Å². The number of methoxy groups -OCH3 is 1. The Balaban J connectivity index is 1.53. The normalized spacial score (nSPS) is 14.5. The van der Waals surface area contributed by atoms with E-state index in [0.717, 1.165) is 30.0 Å². The fraction of sp³-hybridized carbons (Fsp3) is 0.417. The molecule has 1 saturated heterocycles. The second-order valence-electron chi connectivity index (χ2n) is 8.54. The van der Waals surface area contributed by atoms with E-state index in [1.807, 2.05) is 47.0 Å². The lowest BCUT2D eigenvalue weighted by Crippen LogP contribution is -2.49. The van der Waals surface area contributed by atoms with Crippen LogP contribution in [0.4, 0.5) is 5.69 Å². The Bertz CT molecular complexity index is 1150. The van der Waals surface area contributed by atoms with Gasteiger partial charge in [0.1, 0.15) is 11.4 Å². The molecule has 0 N–H and O–H groups in total. The summed E-state index contributed by atoms with van der Waals surface area (Å²) in [5.41, 5.74) is 2.41. The summed E-state index contributed by atoms with van der Waals surface area (Å²) in [7, 11) is 3.52. The third-order valence-corrected chi connectivity index (χ3v) is 5.95. The van der Waals surface area contributed by atoms with Gasteiger partial charge in [-0.15, -0.1) is 0 Å². The van der Waals surface area contributed by atoms with E-state index in [-0.39, 0.29) is 11.5 Å². The van der Waals surface area contributed by atoms with Crippen molar-refractivity contribution in [3.05, 3.63) is 58.6 Å². The number of hydrogen-bond acceptors (Lipinski definition) is 4. The number of amides is 1. The molecule has 7 heteroatoms. The zero-order valence-corrected chi connectivity index (χ0v) is 18.7. The molecule has 3 aromatic rings. The van der Waals surface area contributed by atoms with E-state index < -0.39 is 0 Å². The largest absolute Gasteiger partial charge is 0.497 e. The summed E-state index contributed by atoms with van der Waals surface area (Å²) in [6.07, 6.45) is 1.83. The molecule has 1 aliphatic rings. The molecule has 0 saturated carbocycles. The number of anilines is 1. The highest BCUT2D eigenvalue weighted by molar-refractivity contribution is 5.98. The topological polar surface area (TPSA) is 59.7 Å². The Morgan fingerprint density at radius 3 is 2.52 bits per heavy atom. The van der Waals surface area contributed by atoms with Crippen molar-refractivity contribution >= 4 is 22.5 Å². The number of pyridine rings is 1. The number of carbonyl (C=O) groups is 1. The van der Waals surface area contributed by atoms with Gasteiger partial charge in [-0.05, 0) is 30.2 Å². The predicted molar refractivity (Wildman–Crippen MR) is 123 cm³/mol. The lowest BCUT2D eigenvalue weighted by atomic mass is 10.2. The first-order chi connectivity index (χ1) is 14.9. The van der Waals surface area contributed by atoms with Crippen LogP contribution in [0.5, 0.6) is 5.75 Å². The lowest BCUT2D eigenvalue weighted by Gasteiger charge is -2.36. The zero-order valence-electron chi connectivity index (χ0n) is 18.7. The molecule has 4 rings (SSSR count). The monoisotopic (exact) mass is 422 g/mol. The molecule has 1 amide bonds. The summed E-state index contributed by atoms with van der Waals surface area (Å²) >= 11 is 0. The van der Waals surface area contributed by atoms with Crippen LogP contribution in [-0.4, -0.2) is 53.2 Å². The van der Waals surface area contributed by atoms with Gasteiger partial charge < -0.3 is 23.7 Å². The van der Waals surface area contributed by atoms with Gasteiger partial charge in [0.25, 0.3) is 11.5 Å². The average molecular weight is 423 g/mol. The van der Waals surface area contributed by atoms with Crippen molar-refractivity contribution in [2.75, 3.05) is 38.2 Å². The van der Waals surface area contributed by atoms with Crippen molar-refractivity contribution in [1.82, 2.24) is 14.0 Å². The van der Waals surface area contributed by atoms with Gasteiger partial charge in [-0.25, -0.2) is 0 Å². The summed E-state index contributed by atoms with van der Waals surface area (Å²) in [5, 5.41) is 0.601. The molecule has 7 nitrogen and oxygen atoms in total. The molecule has 31 heavy (non-hydrogen) atoms. The SMILES string of the molecule is COc1cccc(N2CCN(C(=O)c3cc4c(=O)n(CC(C)C)ccc4n3C)CC2)c1. The maximum atomic E-state index is 13.3. The number of nitrogens with zero attached hydrogens (tertiary/aromatic N) is 4. The average Bonchev–Trinajstić information content (AvgIpc) is 3.12. The Labute approximate surface area is 182 Å². The number of hydrogen-bond donors (Lipinski definition) is 0. The van der Waals surface area contributed by atoms with Crippen LogP contribution < -0.4 is 15.2 Å². The van der Waals surface area contributed by atoms with Gasteiger partial charge in [-0.1, -0.05) is 19.9 Å². The lowest BCUT2D eigenvalue weighted by molar-refractivity contribution is 0.0737. The minimum absolute atomic E-state index is 0.0289. The molecule has 3 heterocycles. The molecule has 1 aromatic carbocycles. The van der Waals surface area contributed by atoms with E-state index in [0.29, 0.717) is 36.6 Å². The van der Waals surface area contributed by atoms with Crippen molar-refractivity contribution in [2.24, 2.45) is 13.0 Å². The number of fused-ring (bicyclic) bond motifs is 1. The second kappa shape index (κ2) is 8.49. The molecule has 1 fully saturated rings. The van der Waals surface area contributed by atoms with E-state index in [9.17, 15) is 9.59 Å². The first-order valence-corrected chi connectivity index (χ1v) is 10.8. The quantitative estimate of drug-likeness (QED) is 0.634. The van der Waals surface area contributed by atoms with Crippen molar-refractivity contribution < 1.29 is 9.53 Å². The van der Waals surface area contributed by atoms with Crippen molar-refractivity contribution in [2.45, 2.75) is 20.4 Å². The predicted octanol–water partition coefficient (Wildman–Crippen LogP) is 2.97. The molecular formula is C24H30N4O3. The van der Waals surface area contributed by atoms with Crippen molar-refractivity contribution in [1.29, 1.82) is 0 Å². The minimum Gasteiger partial charge on any atom is -0.497 e. The van der Waals surface area contributed by atoms with Crippen LogP contribution in [-0.2, 0) is 13.6 Å². The molecule has 0 radical (unpaired) electrons. The molecule has 0 aliphatic carbocycles. The van der Waals surface area contributed by atoms with Crippen LogP contribution in [0.2, 0.25) is 0 Å². The summed E-state index contributed by atoms with van der Waals surface area (Å²) in [5.74, 6) is 1.18. The van der Waals surface area contributed by atoms with Gasteiger partial charge in [-0.3, -0.25) is 9.59 Å². The smallest absolute Gasteiger partial charge is 0.270 e. The molecule has 0 spiro atoms. The van der Waals surface area contributed by atoms with E-state index in [1.165, 1.54) is 0 Å². The molecular weight excluding hydrogens is 392 g/mol. The molecule has 2 aromatic heterocycles. The van der Waals surface area contributed by atoms with Gasteiger partial charge >= 0.3 is 0 Å². The number of carbonyl (C=O) groups excluding carboxylic acids is 1. The number of aryl methyl sites for hydroxylation is 1. The van der Waals surface area contributed by atoms with Crippen LogP contribution in [0.15, 0.2) is 47.4 Å². The van der Waals surface area contributed by atoms with Gasteiger partial charge in [-0.2, -0.15) is 0 Å². The fourth-order valence-electron chi connectivity index (χ4n) is 4.25. The summed E-state index contributed by atoms with van der Waals surface area (Å²) < 4.78 is 8.89. The number of rotatable bonds is 5. The highest BCUT2D eigenvalue weighted by Gasteiger charge is 2.25. The Morgan fingerprint density at radius 2 is 1.84 bits per heavy atom. The molecule has 0 atom stereocenters. The number of ether oxygens (including phenoxy) is 1. The maximum absolute atomic E-state index is 13.3. The van der Waals surface area contributed by atoms with E-state index in [1.54, 1.807) is 17.7 Å². The summed E-state index contributed by atoms with van der Waals surface area (Å²) in [6.45, 7) is 7.61. The van der Waals surface area contributed by atoms with Gasteiger partial charge in [0.15, 0.2) is 0 Å². The van der Waals surface area contributed by atoms with Gasteiger partial charge in [0.2, 0.25) is 0 Å². The molecule has 0 unspecified atom stereocenters. The Kier molecular flexibility index (Phi) is 5.76. The number of benzene rings is 1. The number of piperazine rings is 1. The van der Waals surface area contributed by atoms with Crippen LogP contribution in [0.1, 0.15) is 24.3 Å². The van der Waals surface area contributed by atoms with Crippen molar-refractivity contribution in [3.63, 3.8) is 0 Å². The summed E-state index contributed by atoms with van der Waals surface area (Å²) in [4.78, 5) is 30.3. The van der Waals surface area contributed by atoms with Crippen LogP contribution in [0.25, 0.3) is 10.9 Å². The van der Waals surface area contributed by atoms with Crippen LogP contribution >= 0.6 is 0 Å².